The number of anilines is 1. The Hall–Kier alpha value is -1.03. The third kappa shape index (κ3) is 1.54. The van der Waals surface area contributed by atoms with Gasteiger partial charge in [0.15, 0.2) is 0 Å². The van der Waals surface area contributed by atoms with Crippen molar-refractivity contribution in [1.82, 2.24) is 9.78 Å². The van der Waals surface area contributed by atoms with E-state index in [0.29, 0.717) is 0 Å². The van der Waals surface area contributed by atoms with E-state index in [1.165, 1.54) is 0 Å². The Morgan fingerprint density at radius 1 is 1.69 bits per heavy atom. The Bertz CT molecular complexity index is 315. The molecule has 1 saturated heterocycles. The van der Waals surface area contributed by atoms with Gasteiger partial charge in [-0.25, -0.2) is 4.68 Å². The van der Waals surface area contributed by atoms with Crippen molar-refractivity contribution in [2.24, 2.45) is 5.41 Å². The average molecular weight is 181 g/mol. The van der Waals surface area contributed by atoms with Crippen LogP contribution in [0.3, 0.4) is 0 Å². The molecular formula is C9H15N3O. The van der Waals surface area contributed by atoms with E-state index >= 15 is 0 Å². The number of rotatable bonds is 2. The summed E-state index contributed by atoms with van der Waals surface area (Å²) in [4.78, 5) is 0. The molecule has 0 amide bonds. The maximum absolute atomic E-state index is 5.79. The van der Waals surface area contributed by atoms with Crippen molar-refractivity contribution in [3.05, 3.63) is 11.8 Å². The molecule has 72 valence electrons. The van der Waals surface area contributed by atoms with Gasteiger partial charge < -0.3 is 10.5 Å². The highest BCUT2D eigenvalue weighted by molar-refractivity contribution is 5.30. The van der Waals surface area contributed by atoms with Crippen molar-refractivity contribution in [1.29, 1.82) is 0 Å². The third-order valence-corrected chi connectivity index (χ3v) is 2.37. The van der Waals surface area contributed by atoms with Crippen molar-refractivity contribution in [3.8, 4) is 0 Å². The monoisotopic (exact) mass is 181 g/mol. The van der Waals surface area contributed by atoms with E-state index < -0.39 is 0 Å². The quantitative estimate of drug-likeness (QED) is 0.734. The lowest BCUT2D eigenvalue weighted by molar-refractivity contribution is -0.111. The largest absolute Gasteiger partial charge is 0.384 e. The second-order valence-electron chi connectivity index (χ2n) is 4.17. The fraction of sp³-hybridized carbons (Fsp3) is 0.667. The topological polar surface area (TPSA) is 53.1 Å². The van der Waals surface area contributed by atoms with Crippen molar-refractivity contribution in [2.45, 2.75) is 20.4 Å². The number of hydrogen-bond donors (Lipinski definition) is 1. The van der Waals surface area contributed by atoms with Gasteiger partial charge in [-0.05, 0) is 6.92 Å². The number of hydrogen-bond acceptors (Lipinski definition) is 3. The molecular weight excluding hydrogens is 166 g/mol. The molecule has 0 radical (unpaired) electrons. The zero-order chi connectivity index (χ0) is 9.47. The molecule has 1 aromatic rings. The number of nitrogens with zero attached hydrogens (tertiary/aromatic N) is 2. The molecule has 1 fully saturated rings. The van der Waals surface area contributed by atoms with Crippen LogP contribution in [0.4, 0.5) is 5.82 Å². The van der Waals surface area contributed by atoms with Gasteiger partial charge in [-0.3, -0.25) is 0 Å². The normalized spacial score (nSPS) is 19.8. The first-order valence-electron chi connectivity index (χ1n) is 4.47. The smallest absolute Gasteiger partial charge is 0.121 e. The fourth-order valence-corrected chi connectivity index (χ4v) is 1.60. The summed E-state index contributed by atoms with van der Waals surface area (Å²) >= 11 is 0. The van der Waals surface area contributed by atoms with Crippen molar-refractivity contribution in [2.75, 3.05) is 18.9 Å². The molecule has 2 rings (SSSR count). The zero-order valence-corrected chi connectivity index (χ0v) is 8.08. The first-order chi connectivity index (χ1) is 6.09. The highest BCUT2D eigenvalue weighted by Gasteiger charge is 2.34. The van der Waals surface area contributed by atoms with Gasteiger partial charge in [0.25, 0.3) is 0 Å². The van der Waals surface area contributed by atoms with Crippen LogP contribution in [0.15, 0.2) is 6.07 Å². The van der Waals surface area contributed by atoms with E-state index in [2.05, 4.69) is 12.0 Å². The van der Waals surface area contributed by atoms with E-state index in [4.69, 9.17) is 10.5 Å². The number of nitrogens with two attached hydrogens (primary N) is 1. The average Bonchev–Trinajstić information content (AvgIpc) is 2.27. The van der Waals surface area contributed by atoms with Gasteiger partial charge >= 0.3 is 0 Å². The first-order valence-corrected chi connectivity index (χ1v) is 4.47. The summed E-state index contributed by atoms with van der Waals surface area (Å²) in [7, 11) is 0. The lowest BCUT2D eigenvalue weighted by Gasteiger charge is -2.37. The lowest BCUT2D eigenvalue weighted by atomic mass is 9.89. The highest BCUT2D eigenvalue weighted by Crippen LogP contribution is 2.29. The van der Waals surface area contributed by atoms with Crippen LogP contribution >= 0.6 is 0 Å². The van der Waals surface area contributed by atoms with Crippen LogP contribution in [-0.2, 0) is 11.3 Å². The van der Waals surface area contributed by atoms with E-state index in [9.17, 15) is 0 Å². The predicted octanol–water partition coefficient (Wildman–Crippen LogP) is 0.810. The predicted molar refractivity (Wildman–Crippen MR) is 50.3 cm³/mol. The molecule has 0 spiro atoms. The summed E-state index contributed by atoms with van der Waals surface area (Å²) in [5.74, 6) is 0.741. The maximum atomic E-state index is 5.79. The minimum atomic E-state index is 0.229. The molecule has 1 aromatic heterocycles. The van der Waals surface area contributed by atoms with Gasteiger partial charge in [-0.15, -0.1) is 0 Å². The van der Waals surface area contributed by atoms with Crippen LogP contribution in [0.25, 0.3) is 0 Å². The molecule has 2 heterocycles. The van der Waals surface area contributed by atoms with Gasteiger partial charge in [-0.1, -0.05) is 6.92 Å². The standard InChI is InChI=1S/C9H15N3O/c1-7-3-8(10)12(11-7)4-9(2)5-13-6-9/h3H,4-6,10H2,1-2H3. The number of ether oxygens (including phenoxy) is 1. The summed E-state index contributed by atoms with van der Waals surface area (Å²) < 4.78 is 7.03. The van der Waals surface area contributed by atoms with Crippen LogP contribution in [-0.4, -0.2) is 23.0 Å². The van der Waals surface area contributed by atoms with Gasteiger partial charge in [0.2, 0.25) is 0 Å². The Morgan fingerprint density at radius 2 is 2.38 bits per heavy atom. The minimum absolute atomic E-state index is 0.229. The second-order valence-corrected chi connectivity index (χ2v) is 4.17. The molecule has 0 bridgehead atoms. The van der Waals surface area contributed by atoms with Crippen LogP contribution < -0.4 is 5.73 Å². The van der Waals surface area contributed by atoms with Gasteiger partial charge in [0.05, 0.1) is 25.5 Å². The Morgan fingerprint density at radius 3 is 2.77 bits per heavy atom. The summed E-state index contributed by atoms with van der Waals surface area (Å²) in [6.07, 6.45) is 0. The molecule has 1 aliphatic heterocycles. The zero-order valence-electron chi connectivity index (χ0n) is 8.08. The van der Waals surface area contributed by atoms with Gasteiger partial charge in [0, 0.05) is 11.5 Å². The Balaban J connectivity index is 2.12. The van der Waals surface area contributed by atoms with Gasteiger partial charge in [-0.2, -0.15) is 5.10 Å². The molecule has 0 unspecified atom stereocenters. The van der Waals surface area contributed by atoms with Crippen LogP contribution in [0.5, 0.6) is 0 Å². The SMILES string of the molecule is Cc1cc(N)n(CC2(C)COC2)n1. The van der Waals surface area contributed by atoms with E-state index in [-0.39, 0.29) is 5.41 Å². The Kier molecular flexibility index (Phi) is 1.80. The molecule has 2 N–H and O–H groups in total. The molecule has 0 saturated carbocycles. The summed E-state index contributed by atoms with van der Waals surface area (Å²) in [5, 5.41) is 4.31. The van der Waals surface area contributed by atoms with E-state index in [1.54, 1.807) is 0 Å². The molecule has 0 atom stereocenters. The number of aryl methyl sites for hydroxylation is 1. The van der Waals surface area contributed by atoms with Crippen molar-refractivity contribution < 1.29 is 4.74 Å². The summed E-state index contributed by atoms with van der Waals surface area (Å²) in [6.45, 7) is 6.61. The van der Waals surface area contributed by atoms with Gasteiger partial charge in [0.1, 0.15) is 5.82 Å². The van der Waals surface area contributed by atoms with Crippen molar-refractivity contribution in [3.63, 3.8) is 0 Å². The first kappa shape index (κ1) is 8.56. The number of nitrogen functional groups attached to an aromatic ring is 1. The second kappa shape index (κ2) is 2.73. The van der Waals surface area contributed by atoms with E-state index in [1.807, 2.05) is 17.7 Å². The highest BCUT2D eigenvalue weighted by atomic mass is 16.5. The van der Waals surface area contributed by atoms with Crippen LogP contribution in [0.1, 0.15) is 12.6 Å². The molecule has 0 aliphatic carbocycles. The van der Waals surface area contributed by atoms with Crippen molar-refractivity contribution >= 4 is 5.82 Å². The molecule has 4 nitrogen and oxygen atoms in total. The molecule has 13 heavy (non-hydrogen) atoms. The third-order valence-electron chi connectivity index (χ3n) is 2.37. The molecule has 1 aliphatic rings. The van der Waals surface area contributed by atoms with Crippen LogP contribution in [0.2, 0.25) is 0 Å². The van der Waals surface area contributed by atoms with E-state index in [0.717, 1.165) is 31.3 Å². The Labute approximate surface area is 77.7 Å². The fourth-order valence-electron chi connectivity index (χ4n) is 1.60. The summed E-state index contributed by atoms with van der Waals surface area (Å²) in [5.41, 5.74) is 6.99. The van der Waals surface area contributed by atoms with Crippen LogP contribution in [0, 0.1) is 12.3 Å². The number of aromatic nitrogens is 2. The minimum Gasteiger partial charge on any atom is -0.384 e. The lowest BCUT2D eigenvalue weighted by Crippen LogP contribution is -2.43. The molecule has 0 aromatic carbocycles. The summed E-state index contributed by atoms with van der Waals surface area (Å²) in [6, 6.07) is 1.89. The molecule has 4 heteroatoms. The maximum Gasteiger partial charge on any atom is 0.121 e.